The van der Waals surface area contributed by atoms with Crippen LogP contribution in [0.2, 0.25) is 0 Å². The van der Waals surface area contributed by atoms with Crippen LogP contribution in [0.5, 0.6) is 11.5 Å². The van der Waals surface area contributed by atoms with E-state index in [1.807, 2.05) is 6.07 Å². The van der Waals surface area contributed by atoms with Crippen LogP contribution in [0.25, 0.3) is 0 Å². The molecule has 1 rings (SSSR count). The largest absolute Gasteiger partial charge is 0.493 e. The van der Waals surface area contributed by atoms with Crippen LogP contribution in [0, 0.1) is 0 Å². The molecule has 0 saturated heterocycles. The molecule has 0 fully saturated rings. The summed E-state index contributed by atoms with van der Waals surface area (Å²) < 4.78 is 11.4. The Morgan fingerprint density at radius 2 is 1.38 bits per heavy atom. The minimum atomic E-state index is -0.465. The summed E-state index contributed by atoms with van der Waals surface area (Å²) in [7, 11) is 0. The number of hydrogen-bond acceptors (Lipinski definition) is 3. The Morgan fingerprint density at radius 3 is 1.76 bits per heavy atom. The molecule has 1 aromatic rings. The fourth-order valence-electron chi connectivity index (χ4n) is 1.96. The fraction of sp³-hybridized carbons (Fsp3) is 0.588. The average Bonchev–Trinajstić information content (AvgIpc) is 2.48. The molecule has 4 nitrogen and oxygen atoms in total. The molecule has 2 N–H and O–H groups in total. The highest BCUT2D eigenvalue weighted by Crippen LogP contribution is 2.23. The summed E-state index contributed by atoms with van der Waals surface area (Å²) in [6.07, 6.45) is 6.58. The number of nitrogens with two attached hydrogens (primary N) is 1. The fourth-order valence-corrected chi connectivity index (χ4v) is 1.96. The third kappa shape index (κ3) is 7.02. The zero-order valence-corrected chi connectivity index (χ0v) is 13.2. The SMILES string of the molecule is CCCCCOc1cc(OCCCCC)cc(C(N)=O)c1. The normalized spacial score (nSPS) is 10.4. The Hall–Kier alpha value is -1.71. The van der Waals surface area contributed by atoms with E-state index < -0.39 is 5.91 Å². The number of benzene rings is 1. The molecule has 0 saturated carbocycles. The molecular formula is C17H27NO3. The zero-order valence-electron chi connectivity index (χ0n) is 13.2. The van der Waals surface area contributed by atoms with Crippen LogP contribution >= 0.6 is 0 Å². The second kappa shape index (κ2) is 10.1. The molecule has 0 radical (unpaired) electrons. The van der Waals surface area contributed by atoms with Crippen molar-refractivity contribution in [1.82, 2.24) is 0 Å². The van der Waals surface area contributed by atoms with Crippen molar-refractivity contribution in [3.63, 3.8) is 0 Å². The van der Waals surface area contributed by atoms with E-state index in [0.29, 0.717) is 30.3 Å². The third-order valence-corrected chi connectivity index (χ3v) is 3.20. The molecule has 0 heterocycles. The molecule has 4 heteroatoms. The Labute approximate surface area is 127 Å². The Kier molecular flexibility index (Phi) is 8.32. The highest BCUT2D eigenvalue weighted by Gasteiger charge is 2.07. The van der Waals surface area contributed by atoms with E-state index in [-0.39, 0.29) is 0 Å². The molecule has 0 aliphatic carbocycles. The van der Waals surface area contributed by atoms with Gasteiger partial charge in [-0.1, -0.05) is 39.5 Å². The van der Waals surface area contributed by atoms with Gasteiger partial charge in [-0.05, 0) is 25.0 Å². The molecular weight excluding hydrogens is 266 g/mol. The summed E-state index contributed by atoms with van der Waals surface area (Å²) in [6.45, 7) is 5.59. The monoisotopic (exact) mass is 293 g/mol. The van der Waals surface area contributed by atoms with Gasteiger partial charge in [-0.2, -0.15) is 0 Å². The van der Waals surface area contributed by atoms with Crippen LogP contribution < -0.4 is 15.2 Å². The van der Waals surface area contributed by atoms with E-state index in [0.717, 1.165) is 38.5 Å². The summed E-state index contributed by atoms with van der Waals surface area (Å²) in [5.41, 5.74) is 5.78. The smallest absolute Gasteiger partial charge is 0.248 e. The van der Waals surface area contributed by atoms with Gasteiger partial charge in [0, 0.05) is 11.6 Å². The second-order valence-corrected chi connectivity index (χ2v) is 5.17. The van der Waals surface area contributed by atoms with Gasteiger partial charge in [-0.15, -0.1) is 0 Å². The van der Waals surface area contributed by atoms with Crippen molar-refractivity contribution in [3.8, 4) is 11.5 Å². The van der Waals surface area contributed by atoms with Gasteiger partial charge in [-0.3, -0.25) is 4.79 Å². The van der Waals surface area contributed by atoms with E-state index in [1.54, 1.807) is 12.1 Å². The second-order valence-electron chi connectivity index (χ2n) is 5.17. The minimum absolute atomic E-state index is 0.425. The predicted octanol–water partition coefficient (Wildman–Crippen LogP) is 3.92. The zero-order chi connectivity index (χ0) is 15.5. The number of unbranched alkanes of at least 4 members (excludes halogenated alkanes) is 4. The van der Waals surface area contributed by atoms with Crippen LogP contribution in [0.15, 0.2) is 18.2 Å². The van der Waals surface area contributed by atoms with E-state index in [9.17, 15) is 4.79 Å². The summed E-state index contributed by atoms with van der Waals surface area (Å²) >= 11 is 0. The third-order valence-electron chi connectivity index (χ3n) is 3.20. The van der Waals surface area contributed by atoms with Crippen LogP contribution in [-0.2, 0) is 0 Å². The first-order valence-corrected chi connectivity index (χ1v) is 7.87. The van der Waals surface area contributed by atoms with Crippen molar-refractivity contribution < 1.29 is 14.3 Å². The Balaban J connectivity index is 2.63. The lowest BCUT2D eigenvalue weighted by Crippen LogP contribution is -2.12. The quantitative estimate of drug-likeness (QED) is 0.629. The van der Waals surface area contributed by atoms with Gasteiger partial charge >= 0.3 is 0 Å². The average molecular weight is 293 g/mol. The van der Waals surface area contributed by atoms with Crippen molar-refractivity contribution in [1.29, 1.82) is 0 Å². The topological polar surface area (TPSA) is 61.6 Å². The highest BCUT2D eigenvalue weighted by atomic mass is 16.5. The maximum Gasteiger partial charge on any atom is 0.248 e. The number of carbonyl (C=O) groups is 1. The molecule has 1 aromatic carbocycles. The van der Waals surface area contributed by atoms with E-state index in [2.05, 4.69) is 13.8 Å². The van der Waals surface area contributed by atoms with Crippen molar-refractivity contribution in [2.75, 3.05) is 13.2 Å². The van der Waals surface area contributed by atoms with Crippen molar-refractivity contribution in [2.24, 2.45) is 5.73 Å². The molecule has 0 spiro atoms. The number of amides is 1. The summed E-state index contributed by atoms with van der Waals surface area (Å²) in [5.74, 6) is 0.827. The van der Waals surface area contributed by atoms with Gasteiger partial charge < -0.3 is 15.2 Å². The lowest BCUT2D eigenvalue weighted by molar-refractivity contribution is 0.0999. The molecule has 0 aromatic heterocycles. The van der Waals surface area contributed by atoms with Gasteiger partial charge in [0.15, 0.2) is 0 Å². The van der Waals surface area contributed by atoms with Gasteiger partial charge in [-0.25, -0.2) is 0 Å². The molecule has 0 aliphatic heterocycles. The molecule has 21 heavy (non-hydrogen) atoms. The predicted molar refractivity (Wildman–Crippen MR) is 85.0 cm³/mol. The van der Waals surface area contributed by atoms with Crippen molar-refractivity contribution in [2.45, 2.75) is 52.4 Å². The van der Waals surface area contributed by atoms with Crippen LogP contribution in [0.4, 0.5) is 0 Å². The minimum Gasteiger partial charge on any atom is -0.493 e. The maximum atomic E-state index is 11.4. The highest BCUT2D eigenvalue weighted by molar-refractivity contribution is 5.93. The van der Waals surface area contributed by atoms with Crippen molar-refractivity contribution >= 4 is 5.91 Å². The molecule has 1 amide bonds. The maximum absolute atomic E-state index is 11.4. The first kappa shape index (κ1) is 17.3. The van der Waals surface area contributed by atoms with E-state index in [4.69, 9.17) is 15.2 Å². The molecule has 0 unspecified atom stereocenters. The first-order valence-electron chi connectivity index (χ1n) is 7.87. The van der Waals surface area contributed by atoms with Gasteiger partial charge in [0.25, 0.3) is 0 Å². The molecule has 0 aliphatic rings. The van der Waals surface area contributed by atoms with Gasteiger partial charge in [0.05, 0.1) is 13.2 Å². The molecule has 0 atom stereocenters. The Morgan fingerprint density at radius 1 is 0.905 bits per heavy atom. The number of rotatable bonds is 11. The molecule has 0 bridgehead atoms. The van der Waals surface area contributed by atoms with Crippen LogP contribution in [0.1, 0.15) is 62.7 Å². The van der Waals surface area contributed by atoms with Gasteiger partial charge in [0.1, 0.15) is 11.5 Å². The van der Waals surface area contributed by atoms with Gasteiger partial charge in [0.2, 0.25) is 5.91 Å². The summed E-state index contributed by atoms with van der Waals surface area (Å²) in [4.78, 5) is 11.4. The number of ether oxygens (including phenoxy) is 2. The first-order chi connectivity index (χ1) is 10.2. The standard InChI is InChI=1S/C17H27NO3/c1-3-5-7-9-20-15-11-14(17(18)19)12-16(13-15)21-10-8-6-4-2/h11-13H,3-10H2,1-2H3,(H2,18,19). The Bertz CT molecular complexity index is 402. The lowest BCUT2D eigenvalue weighted by atomic mass is 10.2. The number of hydrogen-bond donors (Lipinski definition) is 1. The van der Waals surface area contributed by atoms with Crippen LogP contribution in [0.3, 0.4) is 0 Å². The lowest BCUT2D eigenvalue weighted by Gasteiger charge is -2.11. The van der Waals surface area contributed by atoms with Crippen molar-refractivity contribution in [3.05, 3.63) is 23.8 Å². The molecule has 118 valence electrons. The number of primary amides is 1. The summed E-state index contributed by atoms with van der Waals surface area (Å²) in [6, 6.07) is 5.17. The number of carbonyl (C=O) groups excluding carboxylic acids is 1. The summed E-state index contributed by atoms with van der Waals surface area (Å²) in [5, 5.41) is 0. The van der Waals surface area contributed by atoms with E-state index in [1.165, 1.54) is 0 Å². The van der Waals surface area contributed by atoms with Crippen LogP contribution in [-0.4, -0.2) is 19.1 Å². The van der Waals surface area contributed by atoms with E-state index >= 15 is 0 Å².